The van der Waals surface area contributed by atoms with Gasteiger partial charge in [-0.1, -0.05) is 6.92 Å². The van der Waals surface area contributed by atoms with Crippen LogP contribution in [0.2, 0.25) is 0 Å². The van der Waals surface area contributed by atoms with Gasteiger partial charge in [0.15, 0.2) is 5.82 Å². The summed E-state index contributed by atoms with van der Waals surface area (Å²) in [5.74, 6) is -0.0679. The molecule has 0 fully saturated rings. The Morgan fingerprint density at radius 2 is 2.00 bits per heavy atom. The number of hydrogen-bond acceptors (Lipinski definition) is 9. The number of nitriles is 2. The lowest BCUT2D eigenvalue weighted by molar-refractivity contribution is 0.624. The van der Waals surface area contributed by atoms with E-state index in [0.29, 0.717) is 17.9 Å². The van der Waals surface area contributed by atoms with Crippen LogP contribution in [0.3, 0.4) is 0 Å². The number of nitrogen functional groups attached to an aromatic ring is 1. The third kappa shape index (κ3) is 3.76. The number of pyridine rings is 1. The number of nitrogens with zero attached hydrogens (tertiary/aromatic N) is 7. The molecule has 0 saturated carbocycles. The first kappa shape index (κ1) is 22.3. The average molecular weight is 455 g/mol. The van der Waals surface area contributed by atoms with Crippen LogP contribution in [0.4, 0.5) is 16.0 Å². The first-order chi connectivity index (χ1) is 16.4. The molecule has 34 heavy (non-hydrogen) atoms. The molecule has 1 atom stereocenters. The van der Waals surface area contributed by atoms with Gasteiger partial charge in [0.2, 0.25) is 0 Å². The first-order valence-electron chi connectivity index (χ1n) is 10.3. The lowest BCUT2D eigenvalue weighted by Gasteiger charge is -2.23. The van der Waals surface area contributed by atoms with Gasteiger partial charge in [-0.25, -0.2) is 19.3 Å². The Balaban J connectivity index is 2.03. The Hall–Kier alpha value is -4.90. The molecule has 3 N–H and O–H groups in total. The van der Waals surface area contributed by atoms with Crippen LogP contribution >= 0.6 is 0 Å². The van der Waals surface area contributed by atoms with Crippen molar-refractivity contribution in [3.63, 3.8) is 0 Å². The monoisotopic (exact) mass is 455 g/mol. The van der Waals surface area contributed by atoms with Crippen molar-refractivity contribution in [3.8, 4) is 17.8 Å². The number of benzene rings is 1. The highest BCUT2D eigenvalue weighted by atomic mass is 19.1. The maximum Gasteiger partial charge on any atom is 0.267 e. The van der Waals surface area contributed by atoms with E-state index in [2.05, 4.69) is 25.3 Å². The van der Waals surface area contributed by atoms with Gasteiger partial charge in [-0.2, -0.15) is 10.5 Å². The standard InChI is InChI=1S/C23H18FN9O/c1-3-17(31-21-15(10-26)20(27)29-12(2)30-21)22-32-19-16(24)7-6-13(9-25)18(19)23(34)33(22)14-5-4-8-28-11-14/h4-8,11,17H,3H2,1-2H3,(H3,27,29,30,31)/t17-/m0/s1. The van der Waals surface area contributed by atoms with Crippen LogP contribution < -0.4 is 16.6 Å². The first-order valence-corrected chi connectivity index (χ1v) is 10.3. The topological polar surface area (TPSA) is 159 Å². The van der Waals surface area contributed by atoms with Gasteiger partial charge < -0.3 is 11.1 Å². The van der Waals surface area contributed by atoms with Gasteiger partial charge in [0.25, 0.3) is 5.56 Å². The molecule has 4 rings (SSSR count). The highest BCUT2D eigenvalue weighted by Gasteiger charge is 2.25. The second-order valence-corrected chi connectivity index (χ2v) is 7.35. The summed E-state index contributed by atoms with van der Waals surface area (Å²) in [6, 6.07) is 8.85. The summed E-state index contributed by atoms with van der Waals surface area (Å²) in [5, 5.41) is 22.0. The number of aryl methyl sites for hydroxylation is 1. The molecule has 0 spiro atoms. The number of hydrogen-bond donors (Lipinski definition) is 2. The summed E-state index contributed by atoms with van der Waals surface area (Å²) in [5.41, 5.74) is 5.46. The second-order valence-electron chi connectivity index (χ2n) is 7.35. The highest BCUT2D eigenvalue weighted by molar-refractivity contribution is 5.84. The molecule has 0 unspecified atom stereocenters. The Labute approximate surface area is 193 Å². The van der Waals surface area contributed by atoms with E-state index in [1.165, 1.54) is 16.8 Å². The molecule has 0 aliphatic carbocycles. The normalized spacial score (nSPS) is 11.6. The fourth-order valence-corrected chi connectivity index (χ4v) is 3.66. The molecule has 0 saturated heterocycles. The lowest BCUT2D eigenvalue weighted by atomic mass is 10.1. The van der Waals surface area contributed by atoms with E-state index in [1.807, 2.05) is 19.1 Å². The van der Waals surface area contributed by atoms with Crippen LogP contribution in [0, 0.1) is 35.4 Å². The average Bonchev–Trinajstić information content (AvgIpc) is 2.83. The molecule has 0 amide bonds. The third-order valence-electron chi connectivity index (χ3n) is 5.22. The van der Waals surface area contributed by atoms with Gasteiger partial charge in [0.05, 0.1) is 28.9 Å². The number of aromatic nitrogens is 5. The maximum atomic E-state index is 14.8. The van der Waals surface area contributed by atoms with Crippen LogP contribution in [0.15, 0.2) is 41.5 Å². The number of anilines is 2. The van der Waals surface area contributed by atoms with Crippen molar-refractivity contribution in [1.82, 2.24) is 24.5 Å². The fourth-order valence-electron chi connectivity index (χ4n) is 3.66. The Morgan fingerprint density at radius 1 is 1.21 bits per heavy atom. The summed E-state index contributed by atoms with van der Waals surface area (Å²) in [6.07, 6.45) is 3.39. The molecule has 0 aliphatic heterocycles. The summed E-state index contributed by atoms with van der Waals surface area (Å²) in [7, 11) is 0. The zero-order valence-corrected chi connectivity index (χ0v) is 18.2. The van der Waals surface area contributed by atoms with Crippen molar-refractivity contribution in [2.24, 2.45) is 0 Å². The molecule has 0 radical (unpaired) electrons. The van der Waals surface area contributed by atoms with E-state index in [-0.39, 0.29) is 39.5 Å². The zero-order valence-electron chi connectivity index (χ0n) is 18.2. The van der Waals surface area contributed by atoms with Gasteiger partial charge in [-0.15, -0.1) is 0 Å². The Morgan fingerprint density at radius 3 is 2.65 bits per heavy atom. The number of rotatable bonds is 5. The summed E-state index contributed by atoms with van der Waals surface area (Å²) in [6.45, 7) is 3.45. The van der Waals surface area contributed by atoms with E-state index < -0.39 is 17.4 Å². The zero-order chi connectivity index (χ0) is 24.4. The SMILES string of the molecule is CC[C@H](Nc1nc(C)nc(N)c1C#N)c1nc2c(F)ccc(C#N)c2c(=O)n1-c1cccnc1. The number of halogens is 1. The van der Waals surface area contributed by atoms with Crippen molar-refractivity contribution in [2.75, 3.05) is 11.1 Å². The van der Waals surface area contributed by atoms with Crippen LogP contribution in [0.5, 0.6) is 0 Å². The summed E-state index contributed by atoms with van der Waals surface area (Å²) < 4.78 is 16.1. The molecule has 11 heteroatoms. The van der Waals surface area contributed by atoms with Gasteiger partial charge in [-0.3, -0.25) is 14.3 Å². The van der Waals surface area contributed by atoms with E-state index >= 15 is 0 Å². The van der Waals surface area contributed by atoms with Crippen molar-refractivity contribution in [3.05, 3.63) is 75.6 Å². The highest BCUT2D eigenvalue weighted by Crippen LogP contribution is 2.27. The fraction of sp³-hybridized carbons (Fsp3) is 0.174. The second kappa shape index (κ2) is 8.92. The Bertz CT molecular complexity index is 1550. The van der Waals surface area contributed by atoms with Crippen LogP contribution in [-0.4, -0.2) is 24.5 Å². The van der Waals surface area contributed by atoms with E-state index in [9.17, 15) is 19.7 Å². The van der Waals surface area contributed by atoms with Gasteiger partial charge in [-0.05, 0) is 37.6 Å². The Kier molecular flexibility index (Phi) is 5.85. The van der Waals surface area contributed by atoms with Crippen LogP contribution in [0.25, 0.3) is 16.6 Å². The number of nitrogens with one attached hydrogen (secondary N) is 1. The largest absolute Gasteiger partial charge is 0.382 e. The number of fused-ring (bicyclic) bond motifs is 1. The van der Waals surface area contributed by atoms with Gasteiger partial charge in [0, 0.05) is 6.20 Å². The molecular weight excluding hydrogens is 437 g/mol. The molecule has 3 heterocycles. The van der Waals surface area contributed by atoms with Gasteiger partial charge in [0.1, 0.15) is 46.5 Å². The quantitative estimate of drug-likeness (QED) is 0.461. The molecule has 3 aromatic heterocycles. The van der Waals surface area contributed by atoms with Crippen molar-refractivity contribution in [1.29, 1.82) is 10.5 Å². The van der Waals surface area contributed by atoms with E-state index in [4.69, 9.17) is 5.73 Å². The lowest BCUT2D eigenvalue weighted by Crippen LogP contribution is -2.29. The third-order valence-corrected chi connectivity index (χ3v) is 5.22. The van der Waals surface area contributed by atoms with Crippen molar-refractivity contribution in [2.45, 2.75) is 26.3 Å². The minimum Gasteiger partial charge on any atom is -0.382 e. The van der Waals surface area contributed by atoms with Crippen LogP contribution in [0.1, 0.15) is 42.2 Å². The molecular formula is C23H18FN9O. The molecule has 168 valence electrons. The molecule has 10 nitrogen and oxygen atoms in total. The van der Waals surface area contributed by atoms with E-state index in [1.54, 1.807) is 25.3 Å². The smallest absolute Gasteiger partial charge is 0.267 e. The number of nitrogens with two attached hydrogens (primary N) is 1. The maximum absolute atomic E-state index is 14.8. The summed E-state index contributed by atoms with van der Waals surface area (Å²) >= 11 is 0. The van der Waals surface area contributed by atoms with Crippen LogP contribution in [-0.2, 0) is 0 Å². The van der Waals surface area contributed by atoms with Gasteiger partial charge >= 0.3 is 0 Å². The molecule has 1 aromatic carbocycles. The molecule has 4 aromatic rings. The van der Waals surface area contributed by atoms with Crippen molar-refractivity contribution >= 4 is 22.5 Å². The predicted molar refractivity (Wildman–Crippen MR) is 122 cm³/mol. The molecule has 0 bridgehead atoms. The van der Waals surface area contributed by atoms with E-state index in [0.717, 1.165) is 6.07 Å². The van der Waals surface area contributed by atoms with Crippen molar-refractivity contribution < 1.29 is 4.39 Å². The minimum atomic E-state index is -0.736. The molecule has 0 aliphatic rings. The predicted octanol–water partition coefficient (Wildman–Crippen LogP) is 2.91. The summed E-state index contributed by atoms with van der Waals surface area (Å²) in [4.78, 5) is 30.5. The minimum absolute atomic E-state index is 0.00469.